The normalized spacial score (nSPS) is 32.0. The molecular weight excluding hydrogens is 558 g/mol. The monoisotopic (exact) mass is 591 g/mol. The van der Waals surface area contributed by atoms with Gasteiger partial charge in [0, 0.05) is 28.9 Å². The van der Waals surface area contributed by atoms with Crippen molar-refractivity contribution < 1.29 is 32.3 Å². The van der Waals surface area contributed by atoms with Gasteiger partial charge in [0.1, 0.15) is 0 Å². The van der Waals surface area contributed by atoms with Crippen molar-refractivity contribution in [3.8, 4) is 0 Å². The summed E-state index contributed by atoms with van der Waals surface area (Å²) in [6, 6.07) is 10.0. The summed E-state index contributed by atoms with van der Waals surface area (Å²) in [6.45, 7) is 3.02. The first-order chi connectivity index (χ1) is 19.2. The molecule has 4 nitrogen and oxygen atoms in total. The predicted octanol–water partition coefficient (Wildman–Crippen LogP) is 7.31. The van der Waals surface area contributed by atoms with E-state index in [1.807, 2.05) is 30.0 Å². The molecule has 1 aliphatic heterocycles. The third kappa shape index (κ3) is 4.47. The number of fused-ring (bicyclic) bond motifs is 3. The van der Waals surface area contributed by atoms with Gasteiger partial charge in [-0.2, -0.15) is 13.2 Å². The first-order valence-electron chi connectivity index (χ1n) is 14.3. The van der Waals surface area contributed by atoms with E-state index in [4.69, 9.17) is 11.6 Å². The van der Waals surface area contributed by atoms with Crippen molar-refractivity contribution in [1.82, 2.24) is 4.90 Å². The molecule has 0 radical (unpaired) electrons. The zero-order chi connectivity index (χ0) is 29.5. The maximum Gasteiger partial charge on any atom is 0.426 e. The molecule has 3 atom stereocenters. The number of amides is 1. The molecule has 3 unspecified atom stereocenters. The average molecular weight is 592 g/mol. The smallest absolute Gasteiger partial charge is 0.426 e. The van der Waals surface area contributed by atoms with Gasteiger partial charge in [-0.25, -0.2) is 4.39 Å². The van der Waals surface area contributed by atoms with E-state index in [0.29, 0.717) is 75.4 Å². The lowest BCUT2D eigenvalue weighted by Gasteiger charge is -2.57. The number of carboxylic acids is 1. The van der Waals surface area contributed by atoms with Gasteiger partial charge in [0.05, 0.1) is 5.92 Å². The van der Waals surface area contributed by atoms with Crippen LogP contribution in [0.1, 0.15) is 73.3 Å². The second-order valence-electron chi connectivity index (χ2n) is 13.2. The van der Waals surface area contributed by atoms with Crippen LogP contribution >= 0.6 is 11.6 Å². The van der Waals surface area contributed by atoms with Gasteiger partial charge >= 0.3 is 12.1 Å². The minimum atomic E-state index is -5.03. The molecule has 9 heteroatoms. The third-order valence-electron chi connectivity index (χ3n) is 10.7. The van der Waals surface area contributed by atoms with E-state index in [-0.39, 0.29) is 29.2 Å². The molecule has 0 bridgehead atoms. The Labute approximate surface area is 242 Å². The Bertz CT molecular complexity index is 1410. The third-order valence-corrected chi connectivity index (χ3v) is 11.1. The Balaban J connectivity index is 1.31. The number of nitrogens with zero attached hydrogens (tertiary/aromatic N) is 1. The second-order valence-corrected chi connectivity index (χ2v) is 13.6. The Kier molecular flexibility index (Phi) is 6.57. The molecule has 3 aliphatic carbocycles. The number of hydrogen-bond donors (Lipinski definition) is 1. The van der Waals surface area contributed by atoms with E-state index >= 15 is 0 Å². The number of rotatable bonds is 5. The van der Waals surface area contributed by atoms with Crippen LogP contribution in [0.3, 0.4) is 0 Å². The van der Waals surface area contributed by atoms with Crippen molar-refractivity contribution in [3.63, 3.8) is 0 Å². The summed E-state index contributed by atoms with van der Waals surface area (Å²) < 4.78 is 55.6. The maximum atomic E-state index is 14.9. The fourth-order valence-corrected chi connectivity index (χ4v) is 8.49. The lowest BCUT2D eigenvalue weighted by Crippen LogP contribution is -2.56. The van der Waals surface area contributed by atoms with Gasteiger partial charge in [0.15, 0.2) is 0 Å². The highest BCUT2D eigenvalue weighted by Gasteiger charge is 2.60. The molecule has 1 heterocycles. The molecule has 220 valence electrons. The molecule has 2 aromatic rings. The number of benzene rings is 2. The molecule has 1 amide bonds. The maximum absolute atomic E-state index is 14.9. The number of carbonyl (C=O) groups excluding carboxylic acids is 1. The van der Waals surface area contributed by atoms with Crippen LogP contribution in [0, 0.1) is 24.2 Å². The Morgan fingerprint density at radius 2 is 1.73 bits per heavy atom. The quantitative estimate of drug-likeness (QED) is 0.371. The first-order valence-corrected chi connectivity index (χ1v) is 14.7. The van der Waals surface area contributed by atoms with Gasteiger partial charge in [-0.1, -0.05) is 41.9 Å². The Hall–Kier alpha value is -2.61. The summed E-state index contributed by atoms with van der Waals surface area (Å²) in [6.07, 6.45) is -0.0917. The fraction of sp³-hybridized carbons (Fsp3) is 0.562. The topological polar surface area (TPSA) is 57.6 Å². The summed E-state index contributed by atoms with van der Waals surface area (Å²) >= 11 is 6.46. The Morgan fingerprint density at radius 1 is 1.05 bits per heavy atom. The van der Waals surface area contributed by atoms with E-state index in [1.165, 1.54) is 12.1 Å². The van der Waals surface area contributed by atoms with Crippen molar-refractivity contribution >= 4 is 23.5 Å². The average Bonchev–Trinajstić information content (AvgIpc) is 3.22. The van der Waals surface area contributed by atoms with Gasteiger partial charge in [-0.05, 0) is 105 Å². The SMILES string of the molecule is Cc1ccc(CC23CCN(C(=O)C4CC5(CC(C(=O)O)C5)C4)C2CCc2cc(C(C)(F)C(F)(F)F)ccc23)cc1Cl. The van der Waals surface area contributed by atoms with Crippen LogP contribution in [0.4, 0.5) is 17.6 Å². The molecule has 3 fully saturated rings. The van der Waals surface area contributed by atoms with Crippen molar-refractivity contribution in [2.24, 2.45) is 17.3 Å². The zero-order valence-electron chi connectivity index (χ0n) is 23.2. The van der Waals surface area contributed by atoms with Gasteiger partial charge in [-0.3, -0.25) is 9.59 Å². The Morgan fingerprint density at radius 3 is 2.37 bits per heavy atom. The summed E-state index contributed by atoms with van der Waals surface area (Å²) in [5.41, 5.74) is -0.900. The molecule has 4 aliphatic rings. The van der Waals surface area contributed by atoms with E-state index in [9.17, 15) is 32.3 Å². The molecule has 41 heavy (non-hydrogen) atoms. The number of alkyl halides is 4. The summed E-state index contributed by atoms with van der Waals surface area (Å²) in [4.78, 5) is 27.1. The van der Waals surface area contributed by atoms with Gasteiger partial charge in [0.25, 0.3) is 0 Å². The van der Waals surface area contributed by atoms with Gasteiger partial charge in [0.2, 0.25) is 11.6 Å². The van der Waals surface area contributed by atoms with Crippen LogP contribution in [-0.4, -0.2) is 40.6 Å². The molecule has 1 spiro atoms. The fourth-order valence-electron chi connectivity index (χ4n) is 8.29. The number of halogens is 5. The van der Waals surface area contributed by atoms with Crippen LogP contribution in [0.5, 0.6) is 0 Å². The van der Waals surface area contributed by atoms with E-state index in [0.717, 1.165) is 16.7 Å². The highest BCUT2D eigenvalue weighted by atomic mass is 35.5. The van der Waals surface area contributed by atoms with Crippen molar-refractivity contribution in [2.75, 3.05) is 6.54 Å². The van der Waals surface area contributed by atoms with Crippen LogP contribution in [-0.2, 0) is 33.5 Å². The standard InChI is InChI=1S/C32H34ClF4NO3/c1-18-3-4-19(11-25(18)33)13-31-9-10-38(27(39)21-14-30(15-21)16-22(17-30)28(40)41)26(31)8-5-20-12-23(6-7-24(20)31)29(2,34)32(35,36)37/h3-4,6-7,11-12,21-22,26H,5,8-10,13-17H2,1-2H3,(H,40,41). The summed E-state index contributed by atoms with van der Waals surface area (Å²) in [7, 11) is 0. The van der Waals surface area contributed by atoms with E-state index in [1.54, 1.807) is 6.07 Å². The van der Waals surface area contributed by atoms with Crippen molar-refractivity contribution in [3.05, 3.63) is 69.2 Å². The molecule has 1 N–H and O–H groups in total. The molecule has 2 saturated carbocycles. The number of hydrogen-bond acceptors (Lipinski definition) is 2. The number of carboxylic acid groups (broad SMARTS) is 1. The van der Waals surface area contributed by atoms with Crippen LogP contribution < -0.4 is 0 Å². The number of aryl methyl sites for hydroxylation is 2. The number of carbonyl (C=O) groups is 2. The lowest BCUT2D eigenvalue weighted by atomic mass is 9.48. The first kappa shape index (κ1) is 28.5. The van der Waals surface area contributed by atoms with E-state index in [2.05, 4.69) is 0 Å². The zero-order valence-corrected chi connectivity index (χ0v) is 23.9. The van der Waals surface area contributed by atoms with Crippen molar-refractivity contribution in [1.29, 1.82) is 0 Å². The second kappa shape index (κ2) is 9.45. The van der Waals surface area contributed by atoms with Gasteiger partial charge < -0.3 is 10.0 Å². The molecule has 1 saturated heterocycles. The minimum absolute atomic E-state index is 0.0219. The van der Waals surface area contributed by atoms with Crippen LogP contribution in [0.15, 0.2) is 36.4 Å². The number of likely N-dealkylation sites (tertiary alicyclic amines) is 1. The highest BCUT2D eigenvalue weighted by molar-refractivity contribution is 6.31. The lowest BCUT2D eigenvalue weighted by molar-refractivity contribution is -0.228. The predicted molar refractivity (Wildman–Crippen MR) is 146 cm³/mol. The molecule has 6 rings (SSSR count). The molecular formula is C32H34ClF4NO3. The van der Waals surface area contributed by atoms with Gasteiger partial charge in [-0.15, -0.1) is 0 Å². The minimum Gasteiger partial charge on any atom is -0.481 e. The summed E-state index contributed by atoms with van der Waals surface area (Å²) in [5, 5.41) is 9.90. The van der Waals surface area contributed by atoms with Crippen molar-refractivity contribution in [2.45, 2.75) is 88.5 Å². The molecule has 2 aromatic carbocycles. The number of aliphatic carboxylic acids is 1. The van der Waals surface area contributed by atoms with Crippen LogP contribution in [0.25, 0.3) is 0 Å². The largest absolute Gasteiger partial charge is 0.481 e. The van der Waals surface area contributed by atoms with Crippen LogP contribution in [0.2, 0.25) is 5.02 Å². The summed E-state index contributed by atoms with van der Waals surface area (Å²) in [5.74, 6) is -1.11. The highest BCUT2D eigenvalue weighted by Crippen LogP contribution is 2.62. The van der Waals surface area contributed by atoms with E-state index < -0.39 is 28.8 Å². The molecule has 0 aromatic heterocycles.